The van der Waals surface area contributed by atoms with E-state index in [9.17, 15) is 18.0 Å². The predicted octanol–water partition coefficient (Wildman–Crippen LogP) is 1.97. The molecule has 1 atom stereocenters. The summed E-state index contributed by atoms with van der Waals surface area (Å²) in [4.78, 5) is 24.5. The first-order valence-electron chi connectivity index (χ1n) is 8.39. The molecule has 136 valence electrons. The van der Waals surface area contributed by atoms with Gasteiger partial charge in [-0.3, -0.25) is 9.59 Å². The second kappa shape index (κ2) is 7.29. The number of carbonyl (C=O) groups is 2. The molecule has 2 aromatic rings. The normalized spacial score (nSPS) is 16.2. The molecule has 6 nitrogen and oxygen atoms in total. The van der Waals surface area contributed by atoms with Crippen molar-refractivity contribution in [1.29, 1.82) is 0 Å². The number of aryl methyl sites for hydroxylation is 1. The molecule has 0 fully saturated rings. The Hall–Kier alpha value is -2.67. The van der Waals surface area contributed by atoms with E-state index < -0.39 is 28.4 Å². The standard InChI is InChI=1S/C19H20N2O4S/c1-14(11-12-15-7-3-2-4-8-15)20-18(22)13-21-19(23)16-9-5-6-10-17(16)26(21,24)25/h2-10,14H,11-13H2,1H3,(H,20,22)/t14-/m1/s1. The van der Waals surface area contributed by atoms with Crippen LogP contribution in [0.1, 0.15) is 29.3 Å². The molecule has 26 heavy (non-hydrogen) atoms. The predicted molar refractivity (Wildman–Crippen MR) is 97.0 cm³/mol. The maximum atomic E-state index is 12.5. The summed E-state index contributed by atoms with van der Waals surface area (Å²) >= 11 is 0. The number of fused-ring (bicyclic) bond motifs is 1. The second-order valence-electron chi connectivity index (χ2n) is 6.31. The molecule has 1 aliphatic heterocycles. The molecule has 0 saturated carbocycles. The molecular weight excluding hydrogens is 352 g/mol. The van der Waals surface area contributed by atoms with Gasteiger partial charge in [0.1, 0.15) is 11.4 Å². The highest BCUT2D eigenvalue weighted by Crippen LogP contribution is 2.29. The van der Waals surface area contributed by atoms with E-state index in [4.69, 9.17) is 0 Å². The molecule has 1 aliphatic rings. The van der Waals surface area contributed by atoms with Crippen molar-refractivity contribution in [2.24, 2.45) is 0 Å². The van der Waals surface area contributed by atoms with Crippen LogP contribution >= 0.6 is 0 Å². The monoisotopic (exact) mass is 372 g/mol. The van der Waals surface area contributed by atoms with E-state index in [1.165, 1.54) is 17.7 Å². The van der Waals surface area contributed by atoms with Crippen LogP contribution in [0.15, 0.2) is 59.5 Å². The number of nitrogens with zero attached hydrogens (tertiary/aromatic N) is 1. The average Bonchev–Trinajstić information content (AvgIpc) is 2.82. The van der Waals surface area contributed by atoms with Crippen LogP contribution in [0.2, 0.25) is 0 Å². The Bertz CT molecular complexity index is 926. The number of benzene rings is 2. The Labute approximate surface area is 152 Å². The highest BCUT2D eigenvalue weighted by atomic mass is 32.2. The molecule has 0 radical (unpaired) electrons. The van der Waals surface area contributed by atoms with E-state index in [1.54, 1.807) is 12.1 Å². The maximum Gasteiger partial charge on any atom is 0.269 e. The molecule has 2 aromatic carbocycles. The summed E-state index contributed by atoms with van der Waals surface area (Å²) in [6.45, 7) is 1.35. The van der Waals surface area contributed by atoms with Crippen molar-refractivity contribution < 1.29 is 18.0 Å². The summed E-state index contributed by atoms with van der Waals surface area (Å²) in [5.41, 5.74) is 1.28. The number of sulfonamides is 1. The van der Waals surface area contributed by atoms with Gasteiger partial charge in [-0.25, -0.2) is 12.7 Å². The summed E-state index contributed by atoms with van der Waals surface area (Å²) in [5, 5.41) is 2.76. The van der Waals surface area contributed by atoms with E-state index in [-0.39, 0.29) is 16.5 Å². The lowest BCUT2D eigenvalue weighted by Gasteiger charge is -2.18. The Kier molecular flexibility index (Phi) is 5.08. The number of amides is 2. The van der Waals surface area contributed by atoms with Gasteiger partial charge in [-0.1, -0.05) is 42.5 Å². The van der Waals surface area contributed by atoms with Crippen LogP contribution < -0.4 is 5.32 Å². The molecule has 0 bridgehead atoms. The van der Waals surface area contributed by atoms with Gasteiger partial charge in [-0.15, -0.1) is 0 Å². The van der Waals surface area contributed by atoms with Crippen molar-refractivity contribution in [3.8, 4) is 0 Å². The molecule has 7 heteroatoms. The minimum absolute atomic E-state index is 0.0464. The largest absolute Gasteiger partial charge is 0.352 e. The Morgan fingerprint density at radius 3 is 2.42 bits per heavy atom. The SMILES string of the molecule is C[C@H](CCc1ccccc1)NC(=O)CN1C(=O)c2ccccc2S1(=O)=O. The quantitative estimate of drug-likeness (QED) is 0.840. The first kappa shape index (κ1) is 18.1. The number of hydrogen-bond acceptors (Lipinski definition) is 4. The minimum Gasteiger partial charge on any atom is -0.352 e. The number of nitrogens with one attached hydrogen (secondary N) is 1. The third kappa shape index (κ3) is 3.62. The van der Waals surface area contributed by atoms with Gasteiger partial charge < -0.3 is 5.32 Å². The van der Waals surface area contributed by atoms with Gasteiger partial charge in [0.15, 0.2) is 0 Å². The first-order valence-corrected chi connectivity index (χ1v) is 9.83. The Balaban J connectivity index is 1.59. The van der Waals surface area contributed by atoms with E-state index >= 15 is 0 Å². The first-order chi connectivity index (χ1) is 12.4. The average molecular weight is 372 g/mol. The highest BCUT2D eigenvalue weighted by molar-refractivity contribution is 7.90. The minimum atomic E-state index is -3.96. The number of hydrogen-bond donors (Lipinski definition) is 1. The van der Waals surface area contributed by atoms with E-state index in [1.807, 2.05) is 37.3 Å². The zero-order chi connectivity index (χ0) is 18.7. The third-order valence-corrected chi connectivity index (χ3v) is 6.10. The van der Waals surface area contributed by atoms with Crippen LogP contribution in [0.25, 0.3) is 0 Å². The molecule has 0 saturated heterocycles. The highest BCUT2D eigenvalue weighted by Gasteiger charge is 2.41. The van der Waals surface area contributed by atoms with Crippen LogP contribution in [0, 0.1) is 0 Å². The van der Waals surface area contributed by atoms with Crippen molar-refractivity contribution in [3.05, 3.63) is 65.7 Å². The molecule has 0 aromatic heterocycles. The summed E-state index contributed by atoms with van der Waals surface area (Å²) in [5.74, 6) is -1.15. The van der Waals surface area contributed by atoms with Crippen LogP contribution in [0.3, 0.4) is 0 Å². The van der Waals surface area contributed by atoms with Gasteiger partial charge in [-0.2, -0.15) is 0 Å². The van der Waals surface area contributed by atoms with E-state index in [0.717, 1.165) is 12.8 Å². The van der Waals surface area contributed by atoms with Gasteiger partial charge in [-0.05, 0) is 37.5 Å². The number of carbonyl (C=O) groups excluding carboxylic acids is 2. The second-order valence-corrected chi connectivity index (χ2v) is 8.14. The Morgan fingerprint density at radius 1 is 1.08 bits per heavy atom. The molecule has 2 amide bonds. The van der Waals surface area contributed by atoms with Crippen LogP contribution in [-0.4, -0.2) is 37.1 Å². The molecule has 0 aliphatic carbocycles. The molecule has 1 N–H and O–H groups in total. The fraction of sp³-hybridized carbons (Fsp3) is 0.263. The summed E-state index contributed by atoms with van der Waals surface area (Å²) in [6.07, 6.45) is 1.52. The fourth-order valence-corrected chi connectivity index (χ4v) is 4.46. The maximum absolute atomic E-state index is 12.5. The molecule has 0 unspecified atom stereocenters. The van der Waals surface area contributed by atoms with Crippen molar-refractivity contribution in [2.45, 2.75) is 30.7 Å². The topological polar surface area (TPSA) is 83.6 Å². The zero-order valence-electron chi connectivity index (χ0n) is 14.4. The van der Waals surface area contributed by atoms with Crippen LogP contribution in [0.5, 0.6) is 0 Å². The fourth-order valence-electron chi connectivity index (χ4n) is 2.94. The third-order valence-electron chi connectivity index (χ3n) is 4.32. The summed E-state index contributed by atoms with van der Waals surface area (Å²) < 4.78 is 25.5. The van der Waals surface area contributed by atoms with Crippen molar-refractivity contribution >= 4 is 21.8 Å². The van der Waals surface area contributed by atoms with E-state index in [2.05, 4.69) is 5.32 Å². The zero-order valence-corrected chi connectivity index (χ0v) is 15.2. The van der Waals surface area contributed by atoms with Crippen molar-refractivity contribution in [2.75, 3.05) is 6.54 Å². The molecule has 3 rings (SSSR count). The van der Waals surface area contributed by atoms with Crippen molar-refractivity contribution in [3.63, 3.8) is 0 Å². The van der Waals surface area contributed by atoms with Gasteiger partial charge in [0.25, 0.3) is 15.9 Å². The van der Waals surface area contributed by atoms with Crippen LogP contribution in [0.4, 0.5) is 0 Å². The lowest BCUT2D eigenvalue weighted by atomic mass is 10.1. The van der Waals surface area contributed by atoms with Gasteiger partial charge in [0.2, 0.25) is 5.91 Å². The summed E-state index contributed by atoms with van der Waals surface area (Å²) in [6, 6.07) is 15.7. The van der Waals surface area contributed by atoms with Gasteiger partial charge in [0, 0.05) is 6.04 Å². The molecule has 0 spiro atoms. The smallest absolute Gasteiger partial charge is 0.269 e. The van der Waals surface area contributed by atoms with Gasteiger partial charge >= 0.3 is 0 Å². The lowest BCUT2D eigenvalue weighted by molar-refractivity contribution is -0.121. The lowest BCUT2D eigenvalue weighted by Crippen LogP contribution is -2.43. The van der Waals surface area contributed by atoms with Crippen LogP contribution in [-0.2, 0) is 21.2 Å². The van der Waals surface area contributed by atoms with Crippen molar-refractivity contribution in [1.82, 2.24) is 9.62 Å². The van der Waals surface area contributed by atoms with E-state index in [0.29, 0.717) is 4.31 Å². The summed E-state index contributed by atoms with van der Waals surface area (Å²) in [7, 11) is -3.96. The molecule has 1 heterocycles. The van der Waals surface area contributed by atoms with Gasteiger partial charge in [0.05, 0.1) is 5.56 Å². The molecular formula is C19H20N2O4S. The Morgan fingerprint density at radius 2 is 1.73 bits per heavy atom. The number of rotatable bonds is 6.